The molecule has 1 saturated carbocycles. The number of benzene rings is 2. The number of aryl methyl sites for hydroxylation is 2. The van der Waals surface area contributed by atoms with Crippen molar-refractivity contribution >= 4 is 33.2 Å². The molecule has 0 atom stereocenters. The third-order valence-corrected chi connectivity index (χ3v) is 6.46. The molecule has 0 spiro atoms. The number of hydrogen-bond acceptors (Lipinski definition) is 4. The topological polar surface area (TPSA) is 42.4 Å². The zero-order chi connectivity index (χ0) is 20.4. The molecule has 2 aromatic carbocycles. The van der Waals surface area contributed by atoms with Gasteiger partial charge in [0.05, 0.1) is 12.2 Å². The SMILES string of the molecule is Cc1ccc(OCc2nc(CN(C(=O)c3cccc(Br)c3)C3CC3)cs2)cc1C. The summed E-state index contributed by atoms with van der Waals surface area (Å²) in [5, 5.41) is 2.95. The highest BCUT2D eigenvalue weighted by atomic mass is 79.9. The summed E-state index contributed by atoms with van der Waals surface area (Å²) in [4.78, 5) is 19.7. The number of carbonyl (C=O) groups excluding carboxylic acids is 1. The Labute approximate surface area is 183 Å². The molecule has 0 radical (unpaired) electrons. The minimum Gasteiger partial charge on any atom is -0.486 e. The van der Waals surface area contributed by atoms with Gasteiger partial charge in [0.15, 0.2) is 0 Å². The predicted molar refractivity (Wildman–Crippen MR) is 119 cm³/mol. The highest BCUT2D eigenvalue weighted by molar-refractivity contribution is 9.10. The van der Waals surface area contributed by atoms with Gasteiger partial charge in [0.25, 0.3) is 5.91 Å². The van der Waals surface area contributed by atoms with E-state index in [0.717, 1.165) is 33.8 Å². The van der Waals surface area contributed by atoms with Crippen LogP contribution >= 0.6 is 27.3 Å². The number of nitrogens with zero attached hydrogens (tertiary/aromatic N) is 2. The van der Waals surface area contributed by atoms with Crippen molar-refractivity contribution in [3.8, 4) is 5.75 Å². The number of carbonyl (C=O) groups is 1. The highest BCUT2D eigenvalue weighted by Crippen LogP contribution is 2.30. The van der Waals surface area contributed by atoms with Gasteiger partial charge in [-0.15, -0.1) is 11.3 Å². The van der Waals surface area contributed by atoms with E-state index in [1.54, 1.807) is 11.3 Å². The lowest BCUT2D eigenvalue weighted by molar-refractivity contribution is 0.0728. The fourth-order valence-electron chi connectivity index (χ4n) is 3.15. The largest absolute Gasteiger partial charge is 0.486 e. The second kappa shape index (κ2) is 8.67. The maximum atomic E-state index is 13.0. The number of ether oxygens (including phenoxy) is 1. The molecule has 0 unspecified atom stereocenters. The average Bonchev–Trinajstić information content (AvgIpc) is 3.45. The molecule has 1 fully saturated rings. The van der Waals surface area contributed by atoms with Gasteiger partial charge in [-0.2, -0.15) is 0 Å². The van der Waals surface area contributed by atoms with Crippen molar-refractivity contribution < 1.29 is 9.53 Å². The summed E-state index contributed by atoms with van der Waals surface area (Å²) in [5.41, 5.74) is 4.10. The summed E-state index contributed by atoms with van der Waals surface area (Å²) in [6, 6.07) is 14.0. The first-order valence-electron chi connectivity index (χ1n) is 9.69. The number of hydrogen-bond donors (Lipinski definition) is 0. The van der Waals surface area contributed by atoms with Gasteiger partial charge < -0.3 is 9.64 Å². The Kier molecular flexibility index (Phi) is 6.01. The summed E-state index contributed by atoms with van der Waals surface area (Å²) < 4.78 is 6.81. The van der Waals surface area contributed by atoms with Crippen molar-refractivity contribution in [3.05, 3.63) is 79.7 Å². The first-order chi connectivity index (χ1) is 14.0. The summed E-state index contributed by atoms with van der Waals surface area (Å²) in [6.45, 7) is 5.15. The fraction of sp³-hybridized carbons (Fsp3) is 0.304. The van der Waals surface area contributed by atoms with Gasteiger partial charge in [-0.1, -0.05) is 28.1 Å². The maximum absolute atomic E-state index is 13.0. The maximum Gasteiger partial charge on any atom is 0.254 e. The van der Waals surface area contributed by atoms with Gasteiger partial charge in [0, 0.05) is 21.5 Å². The standard InChI is InChI=1S/C23H23BrN2O2S/c1-15-6-9-21(10-16(15)2)28-13-22-25-19(14-29-22)12-26(20-7-8-20)23(27)17-4-3-5-18(24)11-17/h3-6,9-11,14,20H,7-8,12-13H2,1-2H3. The Morgan fingerprint density at radius 3 is 2.76 bits per heavy atom. The van der Waals surface area contributed by atoms with Crippen LogP contribution in [-0.4, -0.2) is 21.8 Å². The van der Waals surface area contributed by atoms with Crippen molar-refractivity contribution in [2.45, 2.75) is 45.9 Å². The molecule has 1 aromatic heterocycles. The molecule has 1 aliphatic carbocycles. The van der Waals surface area contributed by atoms with E-state index < -0.39 is 0 Å². The van der Waals surface area contributed by atoms with Crippen molar-refractivity contribution in [1.82, 2.24) is 9.88 Å². The molecule has 0 bridgehead atoms. The van der Waals surface area contributed by atoms with Crippen LogP contribution in [0.15, 0.2) is 52.3 Å². The number of rotatable bonds is 7. The van der Waals surface area contributed by atoms with Gasteiger partial charge in [-0.3, -0.25) is 4.79 Å². The molecule has 6 heteroatoms. The van der Waals surface area contributed by atoms with Crippen LogP contribution in [0, 0.1) is 13.8 Å². The third-order valence-electron chi connectivity index (χ3n) is 5.09. The Balaban J connectivity index is 1.41. The van der Waals surface area contributed by atoms with E-state index in [-0.39, 0.29) is 5.91 Å². The highest BCUT2D eigenvalue weighted by Gasteiger charge is 2.33. The number of amides is 1. The molecule has 1 aliphatic rings. The van der Waals surface area contributed by atoms with Crippen LogP contribution in [0.2, 0.25) is 0 Å². The molecule has 0 saturated heterocycles. The van der Waals surface area contributed by atoms with Gasteiger partial charge >= 0.3 is 0 Å². The molecule has 0 aliphatic heterocycles. The molecular weight excluding hydrogens is 448 g/mol. The van der Waals surface area contributed by atoms with Crippen LogP contribution in [0.5, 0.6) is 5.75 Å². The van der Waals surface area contributed by atoms with Crippen LogP contribution in [0.25, 0.3) is 0 Å². The summed E-state index contributed by atoms with van der Waals surface area (Å²) in [7, 11) is 0. The summed E-state index contributed by atoms with van der Waals surface area (Å²) in [5.74, 6) is 0.920. The molecule has 1 amide bonds. The lowest BCUT2D eigenvalue weighted by Gasteiger charge is -2.21. The molecule has 1 heterocycles. The van der Waals surface area contributed by atoms with Crippen molar-refractivity contribution in [2.75, 3.05) is 0 Å². The fourth-order valence-corrected chi connectivity index (χ4v) is 4.25. The van der Waals surface area contributed by atoms with Crippen LogP contribution in [0.1, 0.15) is 45.0 Å². The van der Waals surface area contributed by atoms with E-state index in [1.807, 2.05) is 40.6 Å². The normalized spacial score (nSPS) is 13.3. The minimum absolute atomic E-state index is 0.0646. The lowest BCUT2D eigenvalue weighted by Crippen LogP contribution is -2.32. The molecular formula is C23H23BrN2O2S. The molecule has 150 valence electrons. The van der Waals surface area contributed by atoms with Crippen LogP contribution in [-0.2, 0) is 13.2 Å². The zero-order valence-electron chi connectivity index (χ0n) is 16.5. The Morgan fingerprint density at radius 2 is 2.03 bits per heavy atom. The van der Waals surface area contributed by atoms with E-state index >= 15 is 0 Å². The molecule has 4 rings (SSSR count). The third kappa shape index (κ3) is 5.06. The van der Waals surface area contributed by atoms with Crippen LogP contribution < -0.4 is 4.74 Å². The number of aromatic nitrogens is 1. The Bertz CT molecular complexity index is 1030. The molecule has 0 N–H and O–H groups in total. The number of halogens is 1. The zero-order valence-corrected chi connectivity index (χ0v) is 18.9. The van der Waals surface area contributed by atoms with E-state index in [9.17, 15) is 4.79 Å². The first kappa shape index (κ1) is 20.1. The Morgan fingerprint density at radius 1 is 1.21 bits per heavy atom. The smallest absolute Gasteiger partial charge is 0.254 e. The molecule has 4 nitrogen and oxygen atoms in total. The van der Waals surface area contributed by atoms with Crippen molar-refractivity contribution in [2.24, 2.45) is 0 Å². The van der Waals surface area contributed by atoms with Gasteiger partial charge in [0.2, 0.25) is 0 Å². The molecule has 29 heavy (non-hydrogen) atoms. The lowest BCUT2D eigenvalue weighted by atomic mass is 10.1. The second-order valence-electron chi connectivity index (χ2n) is 7.44. The quantitative estimate of drug-likeness (QED) is 0.431. The molecule has 3 aromatic rings. The predicted octanol–water partition coefficient (Wildman–Crippen LogP) is 5.91. The van der Waals surface area contributed by atoms with Crippen LogP contribution in [0.3, 0.4) is 0 Å². The average molecular weight is 471 g/mol. The second-order valence-corrected chi connectivity index (χ2v) is 9.30. The van der Waals surface area contributed by atoms with Gasteiger partial charge in [0.1, 0.15) is 17.4 Å². The van der Waals surface area contributed by atoms with E-state index in [0.29, 0.717) is 24.8 Å². The van der Waals surface area contributed by atoms with Crippen LogP contribution in [0.4, 0.5) is 0 Å². The summed E-state index contributed by atoms with van der Waals surface area (Å²) >= 11 is 5.03. The monoisotopic (exact) mass is 470 g/mol. The minimum atomic E-state index is 0.0646. The van der Waals surface area contributed by atoms with Gasteiger partial charge in [-0.05, 0) is 68.1 Å². The Hall–Kier alpha value is -2.18. The first-order valence-corrected chi connectivity index (χ1v) is 11.4. The van der Waals surface area contributed by atoms with E-state index in [2.05, 4.69) is 41.9 Å². The van der Waals surface area contributed by atoms with E-state index in [4.69, 9.17) is 9.72 Å². The van der Waals surface area contributed by atoms with Crippen molar-refractivity contribution in [3.63, 3.8) is 0 Å². The summed E-state index contributed by atoms with van der Waals surface area (Å²) in [6.07, 6.45) is 2.12. The number of thiazole rings is 1. The van der Waals surface area contributed by atoms with Crippen molar-refractivity contribution in [1.29, 1.82) is 0 Å². The van der Waals surface area contributed by atoms with Gasteiger partial charge in [-0.25, -0.2) is 4.98 Å². The van der Waals surface area contributed by atoms with E-state index in [1.165, 1.54) is 11.1 Å².